The number of alkyl halides is 1. The Morgan fingerprint density at radius 2 is 2.00 bits per heavy atom. The van der Waals surface area contributed by atoms with E-state index in [2.05, 4.69) is 52.0 Å². The van der Waals surface area contributed by atoms with Gasteiger partial charge < -0.3 is 9.80 Å². The third-order valence-electron chi connectivity index (χ3n) is 3.58. The molecule has 104 valence electrons. The van der Waals surface area contributed by atoms with E-state index >= 15 is 0 Å². The molecule has 1 atom stereocenters. The Labute approximate surface area is 123 Å². The average Bonchev–Trinajstić information content (AvgIpc) is 2.46. The lowest BCUT2D eigenvalue weighted by molar-refractivity contribution is -0.130. The van der Waals surface area contributed by atoms with Gasteiger partial charge in [-0.25, -0.2) is 0 Å². The topological polar surface area (TPSA) is 23.6 Å². The van der Waals surface area contributed by atoms with Crippen LogP contribution in [0.1, 0.15) is 18.9 Å². The van der Waals surface area contributed by atoms with Crippen molar-refractivity contribution < 1.29 is 4.79 Å². The van der Waals surface area contributed by atoms with Gasteiger partial charge in [-0.3, -0.25) is 4.79 Å². The molecular formula is C15H21BrN2O. The van der Waals surface area contributed by atoms with Gasteiger partial charge in [0.2, 0.25) is 5.91 Å². The van der Waals surface area contributed by atoms with E-state index in [0.29, 0.717) is 0 Å². The van der Waals surface area contributed by atoms with Crippen LogP contribution in [0.15, 0.2) is 24.3 Å². The summed E-state index contributed by atoms with van der Waals surface area (Å²) in [4.78, 5) is 16.4. The minimum atomic E-state index is -0.0296. The van der Waals surface area contributed by atoms with Crippen LogP contribution in [0.3, 0.4) is 0 Å². The second-order valence-electron chi connectivity index (χ2n) is 5.03. The largest absolute Gasteiger partial charge is 0.368 e. The monoisotopic (exact) mass is 324 g/mol. The lowest BCUT2D eigenvalue weighted by Crippen LogP contribution is -2.50. The summed E-state index contributed by atoms with van der Waals surface area (Å²) in [5.41, 5.74) is 2.54. The number of benzene rings is 1. The number of amides is 1. The molecule has 1 amide bonds. The molecule has 0 saturated carbocycles. The molecule has 1 aromatic carbocycles. The number of hydrogen-bond acceptors (Lipinski definition) is 2. The highest BCUT2D eigenvalue weighted by Gasteiger charge is 2.24. The minimum absolute atomic E-state index is 0.0296. The zero-order valence-electron chi connectivity index (χ0n) is 11.6. The van der Waals surface area contributed by atoms with Crippen molar-refractivity contribution in [3.05, 3.63) is 29.8 Å². The Kier molecular flexibility index (Phi) is 4.86. The molecule has 1 saturated heterocycles. The normalized spacial score (nSPS) is 17.4. The average molecular weight is 325 g/mol. The molecule has 3 nitrogen and oxygen atoms in total. The molecule has 4 heteroatoms. The summed E-state index contributed by atoms with van der Waals surface area (Å²) >= 11 is 3.44. The van der Waals surface area contributed by atoms with Crippen LogP contribution in [0.4, 0.5) is 5.69 Å². The summed E-state index contributed by atoms with van der Waals surface area (Å²) in [6.07, 6.45) is 0.844. The maximum absolute atomic E-state index is 12.1. The first-order valence-corrected chi connectivity index (χ1v) is 7.78. The van der Waals surface area contributed by atoms with Crippen LogP contribution in [-0.4, -0.2) is 41.8 Å². The van der Waals surface area contributed by atoms with Crippen LogP contribution >= 0.6 is 15.9 Å². The molecule has 1 aromatic rings. The number of anilines is 1. The van der Waals surface area contributed by atoms with E-state index in [0.717, 1.165) is 32.6 Å². The van der Waals surface area contributed by atoms with E-state index in [-0.39, 0.29) is 10.7 Å². The molecule has 0 radical (unpaired) electrons. The molecule has 1 fully saturated rings. The lowest BCUT2D eigenvalue weighted by Gasteiger charge is -2.37. The molecule has 1 unspecified atom stereocenters. The number of rotatable bonds is 3. The Bertz CT molecular complexity index is 442. The Morgan fingerprint density at radius 3 is 2.58 bits per heavy atom. The number of nitrogens with zero attached hydrogens (tertiary/aromatic N) is 2. The smallest absolute Gasteiger partial charge is 0.236 e. The molecule has 1 aliphatic rings. The van der Waals surface area contributed by atoms with Gasteiger partial charge >= 0.3 is 0 Å². The Morgan fingerprint density at radius 1 is 1.32 bits per heavy atom. The summed E-state index contributed by atoms with van der Waals surface area (Å²) in [7, 11) is 0. The van der Waals surface area contributed by atoms with Crippen LogP contribution in [0.5, 0.6) is 0 Å². The first kappa shape index (κ1) is 14.4. The van der Waals surface area contributed by atoms with E-state index in [9.17, 15) is 4.79 Å². The van der Waals surface area contributed by atoms with Gasteiger partial charge in [-0.05, 0) is 31.0 Å². The van der Waals surface area contributed by atoms with Crippen LogP contribution < -0.4 is 4.90 Å². The zero-order chi connectivity index (χ0) is 13.8. The molecule has 0 aromatic heterocycles. The SMILES string of the molecule is CCC(Br)C(=O)N1CCN(c2cccc(C)c2)CC1. The van der Waals surface area contributed by atoms with Crippen molar-refractivity contribution in [2.45, 2.75) is 25.1 Å². The van der Waals surface area contributed by atoms with Crippen LogP contribution in [0.25, 0.3) is 0 Å². The standard InChI is InChI=1S/C15H21BrN2O/c1-3-14(16)15(19)18-9-7-17(8-10-18)13-6-4-5-12(2)11-13/h4-6,11,14H,3,7-10H2,1-2H3. The summed E-state index contributed by atoms with van der Waals surface area (Å²) in [6, 6.07) is 8.55. The van der Waals surface area contributed by atoms with Crippen molar-refractivity contribution in [3.63, 3.8) is 0 Å². The van der Waals surface area contributed by atoms with Crippen molar-refractivity contribution >= 4 is 27.5 Å². The molecule has 0 aliphatic carbocycles. The molecule has 1 aliphatic heterocycles. The van der Waals surface area contributed by atoms with Gasteiger partial charge in [0.15, 0.2) is 0 Å². The Hall–Kier alpha value is -1.03. The van der Waals surface area contributed by atoms with Crippen LogP contribution in [-0.2, 0) is 4.79 Å². The fraction of sp³-hybridized carbons (Fsp3) is 0.533. The highest BCUT2D eigenvalue weighted by Crippen LogP contribution is 2.19. The third-order valence-corrected chi connectivity index (χ3v) is 4.62. The summed E-state index contributed by atoms with van der Waals surface area (Å²) in [5.74, 6) is 0.228. The zero-order valence-corrected chi connectivity index (χ0v) is 13.2. The van der Waals surface area contributed by atoms with Gasteiger partial charge in [-0.1, -0.05) is 35.0 Å². The molecule has 2 rings (SSSR count). The molecule has 19 heavy (non-hydrogen) atoms. The maximum atomic E-state index is 12.1. The van der Waals surface area contributed by atoms with Crippen LogP contribution in [0.2, 0.25) is 0 Å². The minimum Gasteiger partial charge on any atom is -0.368 e. The van der Waals surface area contributed by atoms with E-state index in [4.69, 9.17) is 0 Å². The number of hydrogen-bond donors (Lipinski definition) is 0. The molecule has 0 N–H and O–H groups in total. The Balaban J connectivity index is 1.94. The first-order valence-electron chi connectivity index (χ1n) is 6.86. The summed E-state index contributed by atoms with van der Waals surface area (Å²) in [5, 5.41) is 0. The lowest BCUT2D eigenvalue weighted by atomic mass is 10.2. The molecule has 0 spiro atoms. The van der Waals surface area contributed by atoms with Crippen molar-refractivity contribution in [2.24, 2.45) is 0 Å². The number of carbonyl (C=O) groups excluding carboxylic acids is 1. The van der Waals surface area contributed by atoms with Crippen LogP contribution in [0, 0.1) is 6.92 Å². The predicted molar refractivity (Wildman–Crippen MR) is 83.0 cm³/mol. The molecule has 0 bridgehead atoms. The van der Waals surface area contributed by atoms with Gasteiger partial charge in [0.1, 0.15) is 0 Å². The highest BCUT2D eigenvalue weighted by molar-refractivity contribution is 9.10. The summed E-state index contributed by atoms with van der Waals surface area (Å²) < 4.78 is 0. The molecular weight excluding hydrogens is 304 g/mol. The molecule has 1 heterocycles. The van der Waals surface area contributed by atoms with E-state index in [1.807, 2.05) is 11.8 Å². The third kappa shape index (κ3) is 3.50. The fourth-order valence-electron chi connectivity index (χ4n) is 2.38. The second-order valence-corrected chi connectivity index (χ2v) is 6.13. The van der Waals surface area contributed by atoms with E-state index in [1.54, 1.807) is 0 Å². The maximum Gasteiger partial charge on any atom is 0.236 e. The van der Waals surface area contributed by atoms with E-state index in [1.165, 1.54) is 11.3 Å². The first-order chi connectivity index (χ1) is 9.11. The number of piperazine rings is 1. The van der Waals surface area contributed by atoms with Crippen molar-refractivity contribution in [3.8, 4) is 0 Å². The van der Waals surface area contributed by atoms with E-state index < -0.39 is 0 Å². The van der Waals surface area contributed by atoms with Crippen molar-refractivity contribution in [1.29, 1.82) is 0 Å². The van der Waals surface area contributed by atoms with Crippen molar-refractivity contribution in [1.82, 2.24) is 4.90 Å². The number of aryl methyl sites for hydroxylation is 1. The number of halogens is 1. The number of carbonyl (C=O) groups is 1. The fourth-order valence-corrected chi connectivity index (χ4v) is 2.67. The van der Waals surface area contributed by atoms with Gasteiger partial charge in [-0.2, -0.15) is 0 Å². The van der Waals surface area contributed by atoms with Gasteiger partial charge in [0.25, 0.3) is 0 Å². The summed E-state index contributed by atoms with van der Waals surface area (Å²) in [6.45, 7) is 7.60. The van der Waals surface area contributed by atoms with Gasteiger partial charge in [0.05, 0.1) is 4.83 Å². The van der Waals surface area contributed by atoms with Gasteiger partial charge in [-0.15, -0.1) is 0 Å². The predicted octanol–water partition coefficient (Wildman–Crippen LogP) is 2.82. The quantitative estimate of drug-likeness (QED) is 0.798. The van der Waals surface area contributed by atoms with Crippen molar-refractivity contribution in [2.75, 3.05) is 31.1 Å². The highest BCUT2D eigenvalue weighted by atomic mass is 79.9. The van der Waals surface area contributed by atoms with Gasteiger partial charge in [0, 0.05) is 31.9 Å². The second kappa shape index (κ2) is 6.42.